The Bertz CT molecular complexity index is 464. The standard InChI is InChI=1S/C13H12O6/c14-7-17-10-4-11(18-8-15)6-12(5-10)19-13(16)9-2-1-3-9/h4-9H,1-3H2. The van der Waals surface area contributed by atoms with Gasteiger partial charge in [-0.1, -0.05) is 6.42 Å². The molecule has 0 aliphatic heterocycles. The molecule has 0 amide bonds. The molecule has 0 radical (unpaired) electrons. The van der Waals surface area contributed by atoms with Crippen molar-refractivity contribution in [3.63, 3.8) is 0 Å². The number of hydrogen-bond donors (Lipinski definition) is 0. The third kappa shape index (κ3) is 3.31. The molecule has 1 aromatic rings. The summed E-state index contributed by atoms with van der Waals surface area (Å²) >= 11 is 0. The Labute approximate surface area is 109 Å². The Kier molecular flexibility index (Phi) is 4.12. The molecule has 0 unspecified atom stereocenters. The highest BCUT2D eigenvalue weighted by Gasteiger charge is 2.27. The number of carbonyl (C=O) groups excluding carboxylic acids is 3. The van der Waals surface area contributed by atoms with E-state index < -0.39 is 0 Å². The zero-order valence-corrected chi connectivity index (χ0v) is 10.0. The van der Waals surface area contributed by atoms with Gasteiger partial charge in [0, 0.05) is 18.2 Å². The lowest BCUT2D eigenvalue weighted by Crippen LogP contribution is -2.26. The molecule has 6 heteroatoms. The minimum absolute atomic E-state index is 0.0777. The fraction of sp³-hybridized carbons (Fsp3) is 0.308. The molecule has 0 N–H and O–H groups in total. The van der Waals surface area contributed by atoms with Crippen LogP contribution < -0.4 is 14.2 Å². The van der Waals surface area contributed by atoms with Gasteiger partial charge in [0.25, 0.3) is 12.9 Å². The van der Waals surface area contributed by atoms with Crippen LogP contribution in [0.2, 0.25) is 0 Å². The van der Waals surface area contributed by atoms with E-state index in [9.17, 15) is 14.4 Å². The largest absolute Gasteiger partial charge is 0.428 e. The third-order valence-corrected chi connectivity index (χ3v) is 2.88. The number of benzene rings is 1. The van der Waals surface area contributed by atoms with Crippen LogP contribution in [0.4, 0.5) is 0 Å². The average Bonchev–Trinajstić information content (AvgIpc) is 2.26. The Morgan fingerprint density at radius 3 is 1.95 bits per heavy atom. The predicted molar refractivity (Wildman–Crippen MR) is 62.8 cm³/mol. The molecule has 0 aromatic heterocycles. The van der Waals surface area contributed by atoms with E-state index in [-0.39, 0.29) is 42.1 Å². The molecule has 0 bridgehead atoms. The number of hydrogen-bond acceptors (Lipinski definition) is 6. The van der Waals surface area contributed by atoms with E-state index in [0.717, 1.165) is 19.3 Å². The van der Waals surface area contributed by atoms with Crippen molar-refractivity contribution >= 4 is 18.9 Å². The molecular formula is C13H12O6. The molecular weight excluding hydrogens is 252 g/mol. The smallest absolute Gasteiger partial charge is 0.314 e. The number of esters is 1. The quantitative estimate of drug-likeness (QED) is 0.439. The molecule has 1 fully saturated rings. The van der Waals surface area contributed by atoms with Crippen LogP contribution in [0.15, 0.2) is 18.2 Å². The fourth-order valence-electron chi connectivity index (χ4n) is 1.70. The van der Waals surface area contributed by atoms with E-state index in [1.165, 1.54) is 18.2 Å². The molecule has 0 atom stereocenters. The predicted octanol–water partition coefficient (Wildman–Crippen LogP) is 1.46. The average molecular weight is 264 g/mol. The first kappa shape index (κ1) is 13.1. The van der Waals surface area contributed by atoms with Crippen molar-refractivity contribution in [3.8, 4) is 17.2 Å². The molecule has 6 nitrogen and oxygen atoms in total. The van der Waals surface area contributed by atoms with E-state index >= 15 is 0 Å². The molecule has 1 aliphatic carbocycles. The minimum atomic E-state index is -0.327. The van der Waals surface area contributed by atoms with Gasteiger partial charge >= 0.3 is 5.97 Å². The van der Waals surface area contributed by atoms with E-state index in [1.54, 1.807) is 0 Å². The maximum Gasteiger partial charge on any atom is 0.314 e. The van der Waals surface area contributed by atoms with Crippen molar-refractivity contribution in [2.75, 3.05) is 0 Å². The van der Waals surface area contributed by atoms with E-state index in [1.807, 2.05) is 0 Å². The molecule has 0 spiro atoms. The lowest BCUT2D eigenvalue weighted by Gasteiger charge is -2.23. The summed E-state index contributed by atoms with van der Waals surface area (Å²) in [5.41, 5.74) is 0. The first-order chi connectivity index (χ1) is 9.22. The van der Waals surface area contributed by atoms with Crippen molar-refractivity contribution in [2.45, 2.75) is 19.3 Å². The second kappa shape index (κ2) is 5.99. The zero-order chi connectivity index (χ0) is 13.7. The van der Waals surface area contributed by atoms with Crippen LogP contribution in [0.25, 0.3) is 0 Å². The summed E-state index contributed by atoms with van der Waals surface area (Å²) in [6, 6.07) is 4.09. The topological polar surface area (TPSA) is 78.9 Å². The molecule has 0 heterocycles. The molecule has 2 rings (SSSR count). The van der Waals surface area contributed by atoms with Crippen molar-refractivity contribution < 1.29 is 28.6 Å². The number of rotatable bonds is 6. The molecule has 0 saturated heterocycles. The lowest BCUT2D eigenvalue weighted by molar-refractivity contribution is -0.141. The van der Waals surface area contributed by atoms with Crippen molar-refractivity contribution in [3.05, 3.63) is 18.2 Å². The van der Waals surface area contributed by atoms with E-state index in [4.69, 9.17) is 4.74 Å². The Hall–Kier alpha value is -2.37. The van der Waals surface area contributed by atoms with Gasteiger partial charge in [-0.2, -0.15) is 0 Å². The van der Waals surface area contributed by atoms with Gasteiger partial charge in [-0.15, -0.1) is 0 Å². The SMILES string of the molecule is O=COc1cc(OC=O)cc(OC(=O)C2CCC2)c1. The van der Waals surface area contributed by atoms with Gasteiger partial charge in [-0.25, -0.2) is 0 Å². The second-order valence-corrected chi connectivity index (χ2v) is 4.12. The van der Waals surface area contributed by atoms with Crippen molar-refractivity contribution in [1.82, 2.24) is 0 Å². The molecule has 1 saturated carbocycles. The summed E-state index contributed by atoms with van der Waals surface area (Å²) in [7, 11) is 0. The van der Waals surface area contributed by atoms with Crippen molar-refractivity contribution in [2.24, 2.45) is 5.92 Å². The van der Waals surface area contributed by atoms with Gasteiger partial charge in [0.2, 0.25) is 0 Å². The highest BCUT2D eigenvalue weighted by molar-refractivity contribution is 5.76. The zero-order valence-electron chi connectivity index (χ0n) is 10.0. The summed E-state index contributed by atoms with van der Waals surface area (Å²) < 4.78 is 14.5. The third-order valence-electron chi connectivity index (χ3n) is 2.88. The molecule has 19 heavy (non-hydrogen) atoms. The van der Waals surface area contributed by atoms with Crippen LogP contribution in [0.5, 0.6) is 17.2 Å². The highest BCUT2D eigenvalue weighted by Crippen LogP contribution is 2.31. The molecule has 1 aliphatic rings. The number of carbonyl (C=O) groups is 3. The fourth-order valence-corrected chi connectivity index (χ4v) is 1.70. The first-order valence-electron chi connectivity index (χ1n) is 5.80. The van der Waals surface area contributed by atoms with Crippen LogP contribution in [-0.4, -0.2) is 18.9 Å². The summed E-state index contributed by atoms with van der Waals surface area (Å²) in [5, 5.41) is 0. The first-order valence-corrected chi connectivity index (χ1v) is 5.80. The van der Waals surface area contributed by atoms with Crippen LogP contribution in [0.3, 0.4) is 0 Å². The summed E-state index contributed by atoms with van der Waals surface area (Å²) in [6.45, 7) is 0.467. The van der Waals surface area contributed by atoms with Crippen molar-refractivity contribution in [1.29, 1.82) is 0 Å². The molecule has 100 valence electrons. The summed E-state index contributed by atoms with van der Waals surface area (Å²) in [6.07, 6.45) is 2.66. The molecule has 1 aromatic carbocycles. The van der Waals surface area contributed by atoms with Crippen LogP contribution in [0.1, 0.15) is 19.3 Å². The van der Waals surface area contributed by atoms with Gasteiger partial charge in [0.1, 0.15) is 17.2 Å². The Morgan fingerprint density at radius 1 is 1.00 bits per heavy atom. The van der Waals surface area contributed by atoms with Gasteiger partial charge in [0.05, 0.1) is 5.92 Å². The maximum atomic E-state index is 11.7. The van der Waals surface area contributed by atoms with Crippen LogP contribution in [-0.2, 0) is 14.4 Å². The van der Waals surface area contributed by atoms with Gasteiger partial charge in [-0.3, -0.25) is 14.4 Å². The highest BCUT2D eigenvalue weighted by atomic mass is 16.5. The Balaban J connectivity index is 2.14. The van der Waals surface area contributed by atoms with Gasteiger partial charge in [-0.05, 0) is 12.8 Å². The monoisotopic (exact) mass is 264 g/mol. The summed E-state index contributed by atoms with van der Waals surface area (Å²) in [5.74, 6) is 0.0299. The summed E-state index contributed by atoms with van der Waals surface area (Å²) in [4.78, 5) is 32.3. The van der Waals surface area contributed by atoms with Crippen LogP contribution in [0, 0.1) is 5.92 Å². The van der Waals surface area contributed by atoms with Gasteiger partial charge in [0.15, 0.2) is 0 Å². The minimum Gasteiger partial charge on any atom is -0.428 e. The maximum absolute atomic E-state index is 11.7. The van der Waals surface area contributed by atoms with E-state index in [2.05, 4.69) is 9.47 Å². The number of ether oxygens (including phenoxy) is 3. The normalized spacial score (nSPS) is 14.1. The second-order valence-electron chi connectivity index (χ2n) is 4.12. The van der Waals surface area contributed by atoms with Crippen LogP contribution >= 0.6 is 0 Å². The lowest BCUT2D eigenvalue weighted by atomic mass is 9.86. The van der Waals surface area contributed by atoms with Gasteiger partial charge < -0.3 is 14.2 Å². The van der Waals surface area contributed by atoms with E-state index in [0.29, 0.717) is 0 Å². The Morgan fingerprint density at radius 2 is 1.53 bits per heavy atom.